The van der Waals surface area contributed by atoms with Crippen LogP contribution in [0.5, 0.6) is 5.75 Å². The highest BCUT2D eigenvalue weighted by Gasteiger charge is 2.26. The Labute approximate surface area is 191 Å². The van der Waals surface area contributed by atoms with Crippen molar-refractivity contribution >= 4 is 21.6 Å². The number of aryl methyl sites for hydroxylation is 2. The first-order valence-electron chi connectivity index (χ1n) is 11.7. The van der Waals surface area contributed by atoms with Crippen molar-refractivity contribution in [2.45, 2.75) is 69.3 Å². The van der Waals surface area contributed by atoms with Crippen molar-refractivity contribution in [3.63, 3.8) is 0 Å². The van der Waals surface area contributed by atoms with Gasteiger partial charge < -0.3 is 10.1 Å². The summed E-state index contributed by atoms with van der Waals surface area (Å²) in [5, 5.41) is 2.86. The minimum Gasteiger partial charge on any atom is -0.481 e. The summed E-state index contributed by atoms with van der Waals surface area (Å²) in [5.41, 5.74) is 3.25. The maximum atomic E-state index is 12.8. The highest BCUT2D eigenvalue weighted by atomic mass is 32.2. The van der Waals surface area contributed by atoms with Crippen LogP contribution in [0.15, 0.2) is 47.4 Å². The van der Waals surface area contributed by atoms with Gasteiger partial charge in [-0.25, -0.2) is 8.42 Å². The zero-order valence-electron chi connectivity index (χ0n) is 18.7. The Balaban J connectivity index is 1.40. The van der Waals surface area contributed by atoms with Gasteiger partial charge in [0.15, 0.2) is 6.10 Å². The molecule has 1 heterocycles. The lowest BCUT2D eigenvalue weighted by atomic mass is 9.92. The van der Waals surface area contributed by atoms with Crippen LogP contribution in [0.25, 0.3) is 0 Å². The smallest absolute Gasteiger partial charge is 0.265 e. The normalized spacial score (nSPS) is 17.9. The molecule has 1 fully saturated rings. The van der Waals surface area contributed by atoms with Gasteiger partial charge in [0.25, 0.3) is 5.91 Å². The molecule has 1 aliphatic carbocycles. The van der Waals surface area contributed by atoms with Gasteiger partial charge in [-0.1, -0.05) is 19.4 Å². The molecule has 1 N–H and O–H groups in total. The predicted molar refractivity (Wildman–Crippen MR) is 125 cm³/mol. The van der Waals surface area contributed by atoms with Gasteiger partial charge in [0.2, 0.25) is 10.0 Å². The second-order valence-corrected chi connectivity index (χ2v) is 10.6. The van der Waals surface area contributed by atoms with E-state index >= 15 is 0 Å². The van der Waals surface area contributed by atoms with Gasteiger partial charge in [-0.2, -0.15) is 4.31 Å². The number of hydrogen-bond donors (Lipinski definition) is 1. The second kappa shape index (κ2) is 10.0. The number of ether oxygens (including phenoxy) is 1. The van der Waals surface area contributed by atoms with E-state index in [0.29, 0.717) is 25.2 Å². The summed E-state index contributed by atoms with van der Waals surface area (Å²) >= 11 is 0. The lowest BCUT2D eigenvalue weighted by Crippen LogP contribution is -2.35. The number of piperidine rings is 1. The summed E-state index contributed by atoms with van der Waals surface area (Å²) in [7, 11) is -3.48. The topological polar surface area (TPSA) is 75.7 Å². The third kappa shape index (κ3) is 5.15. The lowest BCUT2D eigenvalue weighted by molar-refractivity contribution is -0.122. The standard InChI is InChI=1S/C25H32N2O4S/c1-2-24(31-22-13-10-19-8-4-5-9-20(19)18-22)25(28)26-21-11-14-23(15-12-21)32(29,30)27-16-6-3-7-17-27/h10-15,18,24H,2-9,16-17H2,1H3,(H,26,28)/t24-/m0/s1. The maximum absolute atomic E-state index is 12.8. The molecule has 2 aliphatic rings. The van der Waals surface area contributed by atoms with E-state index in [2.05, 4.69) is 17.4 Å². The SMILES string of the molecule is CC[C@H](Oc1ccc2c(c1)CCCC2)C(=O)Nc1ccc(S(=O)(=O)N2CCCCC2)cc1. The number of rotatable bonds is 7. The van der Waals surface area contributed by atoms with E-state index in [1.807, 2.05) is 13.0 Å². The van der Waals surface area contributed by atoms with Crippen molar-refractivity contribution in [3.05, 3.63) is 53.6 Å². The minimum absolute atomic E-state index is 0.239. The molecule has 1 atom stereocenters. The van der Waals surface area contributed by atoms with Crippen molar-refractivity contribution in [2.75, 3.05) is 18.4 Å². The van der Waals surface area contributed by atoms with E-state index in [9.17, 15) is 13.2 Å². The highest BCUT2D eigenvalue weighted by molar-refractivity contribution is 7.89. The van der Waals surface area contributed by atoms with Gasteiger partial charge in [0.05, 0.1) is 4.90 Å². The van der Waals surface area contributed by atoms with Crippen LogP contribution in [-0.4, -0.2) is 37.8 Å². The number of amides is 1. The minimum atomic E-state index is -3.48. The monoisotopic (exact) mass is 456 g/mol. The summed E-state index contributed by atoms with van der Waals surface area (Å²) in [5.74, 6) is 0.479. The first kappa shape index (κ1) is 22.8. The summed E-state index contributed by atoms with van der Waals surface area (Å²) < 4.78 is 33.2. The molecule has 0 bridgehead atoms. The molecule has 1 aliphatic heterocycles. The van der Waals surface area contributed by atoms with Gasteiger partial charge in [-0.05, 0) is 92.5 Å². The van der Waals surface area contributed by atoms with Crippen molar-refractivity contribution < 1.29 is 17.9 Å². The average molecular weight is 457 g/mol. The molecule has 7 heteroatoms. The molecule has 32 heavy (non-hydrogen) atoms. The highest BCUT2D eigenvalue weighted by Crippen LogP contribution is 2.27. The summed E-state index contributed by atoms with van der Waals surface area (Å²) in [4.78, 5) is 13.1. The number of sulfonamides is 1. The van der Waals surface area contributed by atoms with Crippen molar-refractivity contribution in [2.24, 2.45) is 0 Å². The van der Waals surface area contributed by atoms with E-state index in [4.69, 9.17) is 4.74 Å². The zero-order chi connectivity index (χ0) is 22.6. The number of anilines is 1. The fourth-order valence-corrected chi connectivity index (χ4v) is 5.97. The number of fused-ring (bicyclic) bond motifs is 1. The quantitative estimate of drug-likeness (QED) is 0.664. The van der Waals surface area contributed by atoms with Crippen LogP contribution in [0.2, 0.25) is 0 Å². The Bertz CT molecular complexity index is 1040. The van der Waals surface area contributed by atoms with Crippen molar-refractivity contribution in [1.82, 2.24) is 4.31 Å². The molecule has 6 nitrogen and oxygen atoms in total. The molecule has 2 aromatic rings. The fraction of sp³-hybridized carbons (Fsp3) is 0.480. The van der Waals surface area contributed by atoms with Crippen LogP contribution in [0.1, 0.15) is 56.6 Å². The molecule has 4 rings (SSSR count). The van der Waals surface area contributed by atoms with Crippen LogP contribution in [0.4, 0.5) is 5.69 Å². The molecule has 0 aromatic heterocycles. The van der Waals surface area contributed by atoms with E-state index in [-0.39, 0.29) is 10.8 Å². The molecular formula is C25H32N2O4S. The predicted octanol–water partition coefficient (Wildman–Crippen LogP) is 4.54. The molecular weight excluding hydrogens is 424 g/mol. The van der Waals surface area contributed by atoms with Crippen LogP contribution in [0.3, 0.4) is 0 Å². The van der Waals surface area contributed by atoms with Gasteiger partial charge in [-0.3, -0.25) is 4.79 Å². The molecule has 0 spiro atoms. The summed E-state index contributed by atoms with van der Waals surface area (Å²) in [6.07, 6.45) is 7.37. The van der Waals surface area contributed by atoms with E-state index in [1.54, 1.807) is 28.6 Å². The molecule has 0 saturated carbocycles. The van der Waals surface area contributed by atoms with Crippen LogP contribution >= 0.6 is 0 Å². The van der Waals surface area contributed by atoms with Crippen LogP contribution in [0, 0.1) is 0 Å². The number of hydrogen-bond acceptors (Lipinski definition) is 4. The number of nitrogens with one attached hydrogen (secondary N) is 1. The van der Waals surface area contributed by atoms with Gasteiger partial charge in [0, 0.05) is 18.8 Å². The first-order chi connectivity index (χ1) is 15.5. The largest absolute Gasteiger partial charge is 0.481 e. The molecule has 1 amide bonds. The number of carbonyl (C=O) groups excluding carboxylic acids is 1. The summed E-state index contributed by atoms with van der Waals surface area (Å²) in [6, 6.07) is 12.5. The average Bonchev–Trinajstić information content (AvgIpc) is 2.83. The number of nitrogens with zero attached hydrogens (tertiary/aromatic N) is 1. The van der Waals surface area contributed by atoms with Gasteiger partial charge in [0.1, 0.15) is 5.75 Å². The zero-order valence-corrected chi connectivity index (χ0v) is 19.5. The Morgan fingerprint density at radius 1 is 0.969 bits per heavy atom. The molecule has 0 radical (unpaired) electrons. The Hall–Kier alpha value is -2.38. The van der Waals surface area contributed by atoms with Crippen LogP contribution in [-0.2, 0) is 27.7 Å². The van der Waals surface area contributed by atoms with Gasteiger partial charge in [-0.15, -0.1) is 0 Å². The Morgan fingerprint density at radius 3 is 2.34 bits per heavy atom. The Kier molecular flexibility index (Phi) is 7.16. The molecule has 1 saturated heterocycles. The Morgan fingerprint density at radius 2 is 1.66 bits per heavy atom. The molecule has 0 unspecified atom stereocenters. The maximum Gasteiger partial charge on any atom is 0.265 e. The number of benzene rings is 2. The third-order valence-electron chi connectivity index (χ3n) is 6.34. The van der Waals surface area contributed by atoms with Crippen molar-refractivity contribution in [3.8, 4) is 5.75 Å². The number of carbonyl (C=O) groups is 1. The van der Waals surface area contributed by atoms with E-state index in [0.717, 1.165) is 37.9 Å². The third-order valence-corrected chi connectivity index (χ3v) is 8.25. The fourth-order valence-electron chi connectivity index (χ4n) is 4.46. The molecule has 172 valence electrons. The van der Waals surface area contributed by atoms with Gasteiger partial charge >= 0.3 is 0 Å². The lowest BCUT2D eigenvalue weighted by Gasteiger charge is -2.26. The second-order valence-electron chi connectivity index (χ2n) is 8.63. The van der Waals surface area contributed by atoms with Crippen molar-refractivity contribution in [1.29, 1.82) is 0 Å². The van der Waals surface area contributed by atoms with Crippen LogP contribution < -0.4 is 10.1 Å². The molecule has 2 aromatic carbocycles. The first-order valence-corrected chi connectivity index (χ1v) is 13.1. The van der Waals surface area contributed by atoms with E-state index in [1.165, 1.54) is 24.0 Å². The van der Waals surface area contributed by atoms with E-state index < -0.39 is 16.1 Å². The summed E-state index contributed by atoms with van der Waals surface area (Å²) in [6.45, 7) is 3.05.